The zero-order valence-corrected chi connectivity index (χ0v) is 7.86. The van der Waals surface area contributed by atoms with Crippen LogP contribution in [-0.4, -0.2) is 18.5 Å². The fourth-order valence-electron chi connectivity index (χ4n) is 1.29. The van der Waals surface area contributed by atoms with E-state index in [1.807, 2.05) is 0 Å². The molecule has 0 fully saturated rings. The minimum Gasteiger partial charge on any atom is -0.482 e. The third kappa shape index (κ3) is 1.98. The van der Waals surface area contributed by atoms with Crippen LogP contribution >= 0.6 is 0 Å². The third-order valence-corrected chi connectivity index (χ3v) is 1.85. The monoisotopic (exact) mass is 206 g/mol. The minimum atomic E-state index is -0.190. The van der Waals surface area contributed by atoms with Gasteiger partial charge in [-0.05, 0) is 18.2 Å². The molecule has 0 atom stereocenters. The molecule has 0 unspecified atom stereocenters. The van der Waals surface area contributed by atoms with E-state index >= 15 is 0 Å². The number of nitrogens with one attached hydrogen (secondary N) is 1. The number of fused-ring (bicyclic) bond motifs is 1. The summed E-state index contributed by atoms with van der Waals surface area (Å²) in [6.07, 6.45) is 0. The van der Waals surface area contributed by atoms with Crippen LogP contribution in [0.25, 0.3) is 0 Å². The maximum Gasteiger partial charge on any atom is 0.262 e. The van der Waals surface area contributed by atoms with Gasteiger partial charge in [0, 0.05) is 0 Å². The van der Waals surface area contributed by atoms with E-state index in [0.717, 1.165) is 0 Å². The van der Waals surface area contributed by atoms with Gasteiger partial charge in [0.05, 0.1) is 11.4 Å². The molecule has 0 spiro atoms. The second kappa shape index (κ2) is 3.49. The first kappa shape index (κ1) is 9.32. The Morgan fingerprint density at radius 3 is 3.00 bits per heavy atom. The predicted molar refractivity (Wildman–Crippen MR) is 56.0 cm³/mol. The van der Waals surface area contributed by atoms with Crippen molar-refractivity contribution in [3.05, 3.63) is 18.2 Å². The van der Waals surface area contributed by atoms with Gasteiger partial charge >= 0.3 is 0 Å². The Balaban J connectivity index is 2.36. The molecule has 1 aliphatic heterocycles. The Kier molecular flexibility index (Phi) is 2.17. The van der Waals surface area contributed by atoms with Crippen molar-refractivity contribution in [3.8, 4) is 5.75 Å². The molecule has 5 N–H and O–H groups in total. The molecular weight excluding hydrogens is 196 g/mol. The highest BCUT2D eigenvalue weighted by Gasteiger charge is 2.15. The number of carbonyl (C=O) groups is 1. The van der Waals surface area contributed by atoms with Crippen LogP contribution in [0.3, 0.4) is 0 Å². The van der Waals surface area contributed by atoms with Crippen molar-refractivity contribution in [2.75, 3.05) is 11.9 Å². The number of ether oxygens (including phenoxy) is 1. The molecule has 1 aromatic rings. The second-order valence-electron chi connectivity index (χ2n) is 3.05. The Bertz CT molecular complexity index is 438. The lowest BCUT2D eigenvalue weighted by molar-refractivity contribution is -0.118. The van der Waals surface area contributed by atoms with Gasteiger partial charge in [0.15, 0.2) is 12.6 Å². The highest BCUT2D eigenvalue weighted by atomic mass is 16.5. The van der Waals surface area contributed by atoms with Crippen molar-refractivity contribution in [1.29, 1.82) is 0 Å². The van der Waals surface area contributed by atoms with Crippen LogP contribution in [0.15, 0.2) is 23.2 Å². The van der Waals surface area contributed by atoms with E-state index in [-0.39, 0.29) is 18.5 Å². The molecule has 0 saturated heterocycles. The fourth-order valence-corrected chi connectivity index (χ4v) is 1.29. The quantitative estimate of drug-likeness (QED) is 0.441. The van der Waals surface area contributed by atoms with Gasteiger partial charge in [0.1, 0.15) is 5.75 Å². The average molecular weight is 206 g/mol. The number of nitrogens with two attached hydrogens (primary N) is 2. The van der Waals surface area contributed by atoms with Crippen LogP contribution in [0.2, 0.25) is 0 Å². The van der Waals surface area contributed by atoms with Crippen LogP contribution in [0.4, 0.5) is 11.4 Å². The van der Waals surface area contributed by atoms with E-state index in [2.05, 4.69) is 10.3 Å². The first-order valence-corrected chi connectivity index (χ1v) is 4.31. The smallest absolute Gasteiger partial charge is 0.262 e. The van der Waals surface area contributed by atoms with Gasteiger partial charge in [-0.25, -0.2) is 4.99 Å². The minimum absolute atomic E-state index is 0.0296. The third-order valence-electron chi connectivity index (χ3n) is 1.85. The molecule has 1 heterocycles. The van der Waals surface area contributed by atoms with Crippen LogP contribution in [0.1, 0.15) is 0 Å². The maximum absolute atomic E-state index is 11.0. The molecule has 0 aromatic heterocycles. The van der Waals surface area contributed by atoms with Gasteiger partial charge in [-0.3, -0.25) is 4.79 Å². The molecule has 1 amide bonds. The fraction of sp³-hybridized carbons (Fsp3) is 0.111. The van der Waals surface area contributed by atoms with Crippen molar-refractivity contribution in [1.82, 2.24) is 0 Å². The number of rotatable bonds is 1. The summed E-state index contributed by atoms with van der Waals surface area (Å²) in [6, 6.07) is 5.05. The van der Waals surface area contributed by atoms with E-state index < -0.39 is 0 Å². The lowest BCUT2D eigenvalue weighted by atomic mass is 10.2. The van der Waals surface area contributed by atoms with Crippen molar-refractivity contribution < 1.29 is 9.53 Å². The molecule has 15 heavy (non-hydrogen) atoms. The number of benzene rings is 1. The van der Waals surface area contributed by atoms with Crippen molar-refractivity contribution in [3.63, 3.8) is 0 Å². The van der Waals surface area contributed by atoms with E-state index in [1.165, 1.54) is 0 Å². The highest BCUT2D eigenvalue weighted by molar-refractivity contribution is 5.96. The van der Waals surface area contributed by atoms with Crippen LogP contribution in [0, 0.1) is 0 Å². The molecule has 1 aliphatic rings. The predicted octanol–water partition coefficient (Wildman–Crippen LogP) is -0.0776. The number of amides is 1. The molecule has 0 saturated carbocycles. The van der Waals surface area contributed by atoms with E-state index in [1.54, 1.807) is 18.2 Å². The summed E-state index contributed by atoms with van der Waals surface area (Å²) in [6.45, 7) is 0.0364. The lowest BCUT2D eigenvalue weighted by Gasteiger charge is -2.17. The number of aliphatic imine (C=N–C) groups is 1. The number of guanidine groups is 1. The Hall–Kier alpha value is -2.24. The van der Waals surface area contributed by atoms with Gasteiger partial charge in [0.25, 0.3) is 5.91 Å². The van der Waals surface area contributed by atoms with Crippen molar-refractivity contribution >= 4 is 23.2 Å². The zero-order valence-electron chi connectivity index (χ0n) is 7.86. The molecular formula is C9H10N4O2. The summed E-state index contributed by atoms with van der Waals surface area (Å²) < 4.78 is 5.17. The first-order chi connectivity index (χ1) is 7.15. The summed E-state index contributed by atoms with van der Waals surface area (Å²) >= 11 is 0. The summed E-state index contributed by atoms with van der Waals surface area (Å²) in [4.78, 5) is 14.9. The number of hydrogen-bond acceptors (Lipinski definition) is 3. The second-order valence-corrected chi connectivity index (χ2v) is 3.05. The van der Waals surface area contributed by atoms with Crippen molar-refractivity contribution in [2.45, 2.75) is 0 Å². The summed E-state index contributed by atoms with van der Waals surface area (Å²) in [7, 11) is 0. The summed E-state index contributed by atoms with van der Waals surface area (Å²) in [5.41, 5.74) is 11.6. The standard InChI is InChI=1S/C9H10N4O2/c10-9(11)12-5-1-2-7-6(3-5)13-8(14)4-15-7/h1-3H,4H2,(H,13,14)(H4,10,11,12). The largest absolute Gasteiger partial charge is 0.482 e. The van der Waals surface area contributed by atoms with Gasteiger partial charge in [-0.1, -0.05) is 0 Å². The highest BCUT2D eigenvalue weighted by Crippen LogP contribution is 2.31. The van der Waals surface area contributed by atoms with Crippen LogP contribution < -0.4 is 21.5 Å². The topological polar surface area (TPSA) is 103 Å². The van der Waals surface area contributed by atoms with Crippen molar-refractivity contribution in [2.24, 2.45) is 16.5 Å². The normalized spacial score (nSPS) is 13.5. The Labute approximate surface area is 85.9 Å². The lowest BCUT2D eigenvalue weighted by Crippen LogP contribution is -2.25. The number of hydrogen-bond donors (Lipinski definition) is 3. The van der Waals surface area contributed by atoms with Gasteiger partial charge in [-0.15, -0.1) is 0 Å². The zero-order chi connectivity index (χ0) is 10.8. The average Bonchev–Trinajstić information content (AvgIpc) is 2.16. The SMILES string of the molecule is NC(N)=Nc1ccc2c(c1)NC(=O)CO2. The Morgan fingerprint density at radius 2 is 2.27 bits per heavy atom. The summed E-state index contributed by atoms with van der Waals surface area (Å²) in [5, 5.41) is 2.66. The summed E-state index contributed by atoms with van der Waals surface area (Å²) in [5.74, 6) is 0.395. The van der Waals surface area contributed by atoms with Gasteiger partial charge in [0.2, 0.25) is 0 Å². The number of nitrogens with zero attached hydrogens (tertiary/aromatic N) is 1. The molecule has 0 radical (unpaired) electrons. The van der Waals surface area contributed by atoms with Gasteiger partial charge in [-0.2, -0.15) is 0 Å². The van der Waals surface area contributed by atoms with Gasteiger partial charge < -0.3 is 21.5 Å². The van der Waals surface area contributed by atoms with Crippen LogP contribution in [-0.2, 0) is 4.79 Å². The van der Waals surface area contributed by atoms with Crippen LogP contribution in [0.5, 0.6) is 5.75 Å². The molecule has 78 valence electrons. The molecule has 0 aliphatic carbocycles. The number of anilines is 1. The first-order valence-electron chi connectivity index (χ1n) is 4.31. The van der Waals surface area contributed by atoms with E-state index in [0.29, 0.717) is 17.1 Å². The van der Waals surface area contributed by atoms with E-state index in [4.69, 9.17) is 16.2 Å². The van der Waals surface area contributed by atoms with E-state index in [9.17, 15) is 4.79 Å². The molecule has 6 nitrogen and oxygen atoms in total. The Morgan fingerprint density at radius 1 is 1.47 bits per heavy atom. The molecule has 2 rings (SSSR count). The molecule has 6 heteroatoms. The molecule has 0 bridgehead atoms. The number of carbonyl (C=O) groups excluding carboxylic acids is 1. The molecule has 1 aromatic carbocycles. The maximum atomic E-state index is 11.0.